The molecule has 0 saturated heterocycles. The lowest BCUT2D eigenvalue weighted by Gasteiger charge is -2.38. The number of aliphatic hydroxyl groups excluding tert-OH is 2. The van der Waals surface area contributed by atoms with Crippen LogP contribution in [0.5, 0.6) is 0 Å². The summed E-state index contributed by atoms with van der Waals surface area (Å²) in [6.45, 7) is 3.40. The Bertz CT molecular complexity index is 207. The molecule has 14 heavy (non-hydrogen) atoms. The second-order valence-electron chi connectivity index (χ2n) is 4.14. The summed E-state index contributed by atoms with van der Waals surface area (Å²) in [6, 6.07) is 0. The number of carbonyl (C=O) groups is 1. The number of aliphatic hydroxyl groups is 3. The van der Waals surface area contributed by atoms with Gasteiger partial charge in [0.15, 0.2) is 5.60 Å². The first-order valence-electron chi connectivity index (χ1n) is 4.40. The van der Waals surface area contributed by atoms with Gasteiger partial charge in [0.2, 0.25) is 0 Å². The Hall–Kier alpha value is -0.650. The third kappa shape index (κ3) is 2.23. The van der Waals surface area contributed by atoms with Gasteiger partial charge < -0.3 is 20.4 Å². The fourth-order valence-corrected chi connectivity index (χ4v) is 1.19. The summed E-state index contributed by atoms with van der Waals surface area (Å²) in [4.78, 5) is 10.7. The second kappa shape index (κ2) is 4.25. The molecule has 0 aliphatic rings. The molecule has 0 bridgehead atoms. The quantitative estimate of drug-likeness (QED) is 0.484. The molecule has 5 nitrogen and oxygen atoms in total. The van der Waals surface area contributed by atoms with E-state index in [9.17, 15) is 9.90 Å². The molecule has 0 rings (SSSR count). The zero-order valence-electron chi connectivity index (χ0n) is 8.69. The number of hydrogen-bond acceptors (Lipinski definition) is 4. The van der Waals surface area contributed by atoms with Crippen molar-refractivity contribution >= 4 is 5.97 Å². The van der Waals surface area contributed by atoms with Crippen molar-refractivity contribution < 1.29 is 25.2 Å². The summed E-state index contributed by atoms with van der Waals surface area (Å²) in [5, 5.41) is 36.5. The van der Waals surface area contributed by atoms with E-state index in [1.807, 2.05) is 0 Å². The van der Waals surface area contributed by atoms with E-state index in [2.05, 4.69) is 0 Å². The van der Waals surface area contributed by atoms with Crippen molar-refractivity contribution in [1.82, 2.24) is 0 Å². The van der Waals surface area contributed by atoms with Gasteiger partial charge in [0.05, 0.1) is 13.2 Å². The topological polar surface area (TPSA) is 98.0 Å². The van der Waals surface area contributed by atoms with Crippen LogP contribution in [0.15, 0.2) is 0 Å². The third-order valence-electron chi connectivity index (χ3n) is 3.04. The molecule has 0 amide bonds. The van der Waals surface area contributed by atoms with Crippen LogP contribution < -0.4 is 0 Å². The van der Waals surface area contributed by atoms with Crippen molar-refractivity contribution in [2.45, 2.75) is 26.4 Å². The van der Waals surface area contributed by atoms with Gasteiger partial charge in [0, 0.05) is 11.3 Å². The number of hydrogen-bond donors (Lipinski definition) is 4. The Labute approximate surface area is 83.0 Å². The van der Waals surface area contributed by atoms with E-state index in [0.717, 1.165) is 6.92 Å². The van der Waals surface area contributed by atoms with Gasteiger partial charge in [-0.3, -0.25) is 0 Å². The van der Waals surface area contributed by atoms with Crippen molar-refractivity contribution in [3.8, 4) is 0 Å². The van der Waals surface area contributed by atoms with E-state index in [1.54, 1.807) is 0 Å². The second-order valence-corrected chi connectivity index (χ2v) is 4.14. The average molecular weight is 206 g/mol. The van der Waals surface area contributed by atoms with Crippen LogP contribution >= 0.6 is 0 Å². The van der Waals surface area contributed by atoms with Gasteiger partial charge in [0.1, 0.15) is 0 Å². The van der Waals surface area contributed by atoms with Crippen molar-refractivity contribution in [3.63, 3.8) is 0 Å². The van der Waals surface area contributed by atoms with Crippen LogP contribution in [-0.2, 0) is 4.79 Å². The summed E-state index contributed by atoms with van der Waals surface area (Å²) in [6.07, 6.45) is 0. The smallest absolute Gasteiger partial charge is 0.335 e. The molecule has 2 unspecified atom stereocenters. The zero-order chi connectivity index (χ0) is 11.6. The molecule has 0 aromatic heterocycles. The fraction of sp³-hybridized carbons (Fsp3) is 0.889. The molecular weight excluding hydrogens is 188 g/mol. The van der Waals surface area contributed by atoms with Crippen LogP contribution in [0.1, 0.15) is 20.8 Å². The number of carboxylic acids is 1. The maximum Gasteiger partial charge on any atom is 0.335 e. The Kier molecular flexibility index (Phi) is 4.05. The van der Waals surface area contributed by atoms with Gasteiger partial charge in [-0.15, -0.1) is 0 Å². The van der Waals surface area contributed by atoms with E-state index in [4.69, 9.17) is 15.3 Å². The van der Waals surface area contributed by atoms with Gasteiger partial charge in [-0.25, -0.2) is 4.79 Å². The van der Waals surface area contributed by atoms with Gasteiger partial charge in [-0.1, -0.05) is 13.8 Å². The van der Waals surface area contributed by atoms with Gasteiger partial charge in [0.25, 0.3) is 0 Å². The molecule has 0 radical (unpaired) electrons. The summed E-state index contributed by atoms with van der Waals surface area (Å²) in [7, 11) is 0. The molecule has 0 saturated carbocycles. The largest absolute Gasteiger partial charge is 0.479 e. The summed E-state index contributed by atoms with van der Waals surface area (Å²) in [5.74, 6) is -2.12. The summed E-state index contributed by atoms with van der Waals surface area (Å²) in [5.41, 5.74) is -2.97. The van der Waals surface area contributed by atoms with Crippen LogP contribution in [-0.4, -0.2) is 45.2 Å². The lowest BCUT2D eigenvalue weighted by molar-refractivity contribution is -0.170. The van der Waals surface area contributed by atoms with Crippen molar-refractivity contribution in [2.75, 3.05) is 13.2 Å². The molecule has 2 atom stereocenters. The Balaban J connectivity index is 4.92. The van der Waals surface area contributed by atoms with E-state index in [1.165, 1.54) is 13.8 Å². The maximum atomic E-state index is 10.7. The van der Waals surface area contributed by atoms with E-state index >= 15 is 0 Å². The van der Waals surface area contributed by atoms with Gasteiger partial charge in [-0.05, 0) is 6.92 Å². The van der Waals surface area contributed by atoms with E-state index < -0.39 is 22.9 Å². The van der Waals surface area contributed by atoms with Gasteiger partial charge >= 0.3 is 5.97 Å². The first-order valence-corrected chi connectivity index (χ1v) is 4.40. The summed E-state index contributed by atoms with van der Waals surface area (Å²) >= 11 is 0. The first-order chi connectivity index (χ1) is 6.22. The Morgan fingerprint density at radius 2 is 1.64 bits per heavy atom. The molecule has 0 aliphatic heterocycles. The lowest BCUT2D eigenvalue weighted by Crippen LogP contribution is -2.51. The van der Waals surface area contributed by atoms with E-state index in [-0.39, 0.29) is 13.2 Å². The van der Waals surface area contributed by atoms with Gasteiger partial charge in [-0.2, -0.15) is 0 Å². The van der Waals surface area contributed by atoms with Crippen molar-refractivity contribution in [3.05, 3.63) is 0 Å². The molecule has 5 heteroatoms. The standard InChI is InChI=1S/C9H18O5/c1-6(8(2,4-10)5-11)9(3,14)7(12)13/h6,10-11,14H,4-5H2,1-3H3,(H,12,13). The lowest BCUT2D eigenvalue weighted by atomic mass is 9.71. The van der Waals surface area contributed by atoms with Crippen LogP contribution in [0.2, 0.25) is 0 Å². The highest BCUT2D eigenvalue weighted by Crippen LogP contribution is 2.34. The minimum absolute atomic E-state index is 0.381. The zero-order valence-corrected chi connectivity index (χ0v) is 8.69. The highest BCUT2D eigenvalue weighted by atomic mass is 16.4. The molecule has 0 heterocycles. The predicted octanol–water partition coefficient (Wildman–Crippen LogP) is -0.551. The van der Waals surface area contributed by atoms with Crippen molar-refractivity contribution in [2.24, 2.45) is 11.3 Å². The molecule has 0 fully saturated rings. The molecule has 0 spiro atoms. The predicted molar refractivity (Wildman–Crippen MR) is 49.7 cm³/mol. The van der Waals surface area contributed by atoms with E-state index in [0.29, 0.717) is 0 Å². The SMILES string of the molecule is CC(C(C)(CO)CO)C(C)(O)C(=O)O. The number of rotatable bonds is 5. The van der Waals surface area contributed by atoms with Crippen LogP contribution in [0, 0.1) is 11.3 Å². The first kappa shape index (κ1) is 13.4. The summed E-state index contributed by atoms with van der Waals surface area (Å²) < 4.78 is 0. The van der Waals surface area contributed by atoms with Crippen molar-refractivity contribution in [1.29, 1.82) is 0 Å². The Morgan fingerprint density at radius 3 is 1.86 bits per heavy atom. The molecular formula is C9H18O5. The van der Waals surface area contributed by atoms with Crippen LogP contribution in [0.4, 0.5) is 0 Å². The number of carboxylic acid groups (broad SMARTS) is 1. The molecule has 84 valence electrons. The average Bonchev–Trinajstić information content (AvgIpc) is 2.15. The highest BCUT2D eigenvalue weighted by molar-refractivity contribution is 5.77. The third-order valence-corrected chi connectivity index (χ3v) is 3.04. The molecule has 0 aromatic carbocycles. The normalized spacial score (nSPS) is 18.7. The maximum absolute atomic E-state index is 10.7. The minimum atomic E-state index is -1.96. The van der Waals surface area contributed by atoms with Crippen LogP contribution in [0.25, 0.3) is 0 Å². The van der Waals surface area contributed by atoms with Crippen LogP contribution in [0.3, 0.4) is 0 Å². The molecule has 4 N–H and O–H groups in total. The fourth-order valence-electron chi connectivity index (χ4n) is 1.19. The Morgan fingerprint density at radius 1 is 1.29 bits per heavy atom. The highest BCUT2D eigenvalue weighted by Gasteiger charge is 2.46. The molecule has 0 aliphatic carbocycles. The minimum Gasteiger partial charge on any atom is -0.479 e. The molecule has 0 aromatic rings. The monoisotopic (exact) mass is 206 g/mol. The number of aliphatic carboxylic acids is 1.